The van der Waals surface area contributed by atoms with Crippen molar-refractivity contribution in [2.24, 2.45) is 7.05 Å². The molecule has 9 nitrogen and oxygen atoms in total. The molecular weight excluding hydrogens is 384 g/mol. The number of ether oxygens (including phenoxy) is 1. The summed E-state index contributed by atoms with van der Waals surface area (Å²) in [4.78, 5) is 33.8. The molecule has 0 aromatic carbocycles. The molecule has 2 aromatic heterocycles. The van der Waals surface area contributed by atoms with E-state index in [1.54, 1.807) is 28.7 Å². The first kappa shape index (κ1) is 21.7. The third-order valence-corrected chi connectivity index (χ3v) is 5.38. The second-order valence-corrected chi connectivity index (χ2v) is 8.82. The Bertz CT molecular complexity index is 1040. The summed E-state index contributed by atoms with van der Waals surface area (Å²) in [7, 11) is 1.68. The number of hydrogen-bond donors (Lipinski definition) is 0. The van der Waals surface area contributed by atoms with Crippen LogP contribution in [0.2, 0.25) is 0 Å². The zero-order valence-corrected chi connectivity index (χ0v) is 18.5. The summed E-state index contributed by atoms with van der Waals surface area (Å²) in [6, 6.07) is 3.62. The van der Waals surface area contributed by atoms with Crippen LogP contribution in [0.5, 0.6) is 0 Å². The number of carbonyl (C=O) groups is 1. The molecule has 1 fully saturated rings. The van der Waals surface area contributed by atoms with Crippen LogP contribution in [-0.4, -0.2) is 55.9 Å². The standard InChI is InChI=1S/C21H30N6O3/c1-7-16-13-25(20(29)30-21(3,4)5)14(2)11-26(16)17-10-18(28)24(6)27-12-15(8-9-22)23-19(17)27/h10,12,14,16H,7-8,11,13H2,1-6H3/t14-,16+/m1/s1. The number of piperazine rings is 1. The van der Waals surface area contributed by atoms with Crippen molar-refractivity contribution in [2.45, 2.75) is 65.1 Å². The molecule has 0 radical (unpaired) electrons. The van der Waals surface area contributed by atoms with E-state index in [1.165, 1.54) is 4.68 Å². The van der Waals surface area contributed by atoms with Gasteiger partial charge >= 0.3 is 6.09 Å². The zero-order chi connectivity index (χ0) is 22.2. The molecule has 0 spiro atoms. The topological polar surface area (TPSA) is 95.9 Å². The normalized spacial score (nSPS) is 19.8. The van der Waals surface area contributed by atoms with Gasteiger partial charge in [0.2, 0.25) is 0 Å². The van der Waals surface area contributed by atoms with E-state index >= 15 is 0 Å². The zero-order valence-electron chi connectivity index (χ0n) is 18.5. The summed E-state index contributed by atoms with van der Waals surface area (Å²) in [5, 5.41) is 9.04. The van der Waals surface area contributed by atoms with Gasteiger partial charge in [0.15, 0.2) is 5.65 Å². The van der Waals surface area contributed by atoms with Gasteiger partial charge in [0.05, 0.1) is 30.1 Å². The highest BCUT2D eigenvalue weighted by molar-refractivity contribution is 5.72. The molecule has 9 heteroatoms. The predicted octanol–water partition coefficient (Wildman–Crippen LogP) is 2.32. The number of amides is 1. The van der Waals surface area contributed by atoms with Gasteiger partial charge in [-0.25, -0.2) is 19.0 Å². The van der Waals surface area contributed by atoms with E-state index in [1.807, 2.05) is 27.7 Å². The molecule has 2 atom stereocenters. The van der Waals surface area contributed by atoms with Crippen LogP contribution in [-0.2, 0) is 18.2 Å². The Labute approximate surface area is 176 Å². The number of nitriles is 1. The van der Waals surface area contributed by atoms with Crippen molar-refractivity contribution >= 4 is 17.4 Å². The minimum absolute atomic E-state index is 0.0146. The highest BCUT2D eigenvalue weighted by Crippen LogP contribution is 2.28. The molecule has 1 amide bonds. The van der Waals surface area contributed by atoms with Crippen molar-refractivity contribution in [2.75, 3.05) is 18.0 Å². The van der Waals surface area contributed by atoms with E-state index in [-0.39, 0.29) is 30.2 Å². The van der Waals surface area contributed by atoms with Crippen molar-refractivity contribution in [3.63, 3.8) is 0 Å². The van der Waals surface area contributed by atoms with Gasteiger partial charge in [-0.1, -0.05) is 6.92 Å². The van der Waals surface area contributed by atoms with Gasteiger partial charge in [-0.2, -0.15) is 5.26 Å². The molecule has 0 saturated carbocycles. The third-order valence-electron chi connectivity index (χ3n) is 5.38. The Morgan fingerprint density at radius 3 is 2.67 bits per heavy atom. The van der Waals surface area contributed by atoms with Gasteiger partial charge in [0.1, 0.15) is 5.60 Å². The van der Waals surface area contributed by atoms with Gasteiger partial charge < -0.3 is 14.5 Å². The Hall–Kier alpha value is -3.02. The Morgan fingerprint density at radius 2 is 2.07 bits per heavy atom. The lowest BCUT2D eigenvalue weighted by atomic mass is 10.0. The maximum atomic E-state index is 12.7. The summed E-state index contributed by atoms with van der Waals surface area (Å²) >= 11 is 0. The first-order valence-electron chi connectivity index (χ1n) is 10.3. The molecule has 3 rings (SSSR count). The summed E-state index contributed by atoms with van der Waals surface area (Å²) in [5.41, 5.74) is 1.27. The lowest BCUT2D eigenvalue weighted by Gasteiger charge is -2.46. The average Bonchev–Trinajstić information content (AvgIpc) is 3.07. The molecule has 0 aliphatic carbocycles. The SMILES string of the molecule is CC[C@H]1CN(C(=O)OC(C)(C)C)[C@H](C)CN1c1cc(=O)n(C)n2cc(CC#N)nc12. The van der Waals surface area contributed by atoms with E-state index in [4.69, 9.17) is 10.00 Å². The van der Waals surface area contributed by atoms with Crippen molar-refractivity contribution in [3.8, 4) is 6.07 Å². The average molecular weight is 415 g/mol. The van der Waals surface area contributed by atoms with E-state index in [0.29, 0.717) is 24.4 Å². The summed E-state index contributed by atoms with van der Waals surface area (Å²) in [6.07, 6.45) is 2.37. The Kier molecular flexibility index (Phi) is 5.79. The van der Waals surface area contributed by atoms with Crippen LogP contribution in [0.4, 0.5) is 10.5 Å². The fourth-order valence-electron chi connectivity index (χ4n) is 3.84. The molecule has 162 valence electrons. The van der Waals surface area contributed by atoms with Crippen molar-refractivity contribution in [1.82, 2.24) is 19.1 Å². The summed E-state index contributed by atoms with van der Waals surface area (Å²) in [5.74, 6) is 0. The van der Waals surface area contributed by atoms with Gasteiger partial charge in [0, 0.05) is 38.3 Å². The van der Waals surface area contributed by atoms with Crippen molar-refractivity contribution in [3.05, 3.63) is 28.3 Å². The molecule has 1 saturated heterocycles. The second kappa shape index (κ2) is 8.01. The molecule has 0 N–H and O–H groups in total. The van der Waals surface area contributed by atoms with E-state index in [9.17, 15) is 9.59 Å². The highest BCUT2D eigenvalue weighted by atomic mass is 16.6. The number of nitrogens with zero attached hydrogens (tertiary/aromatic N) is 6. The van der Waals surface area contributed by atoms with Crippen LogP contribution < -0.4 is 10.5 Å². The van der Waals surface area contributed by atoms with Crippen LogP contribution in [0.1, 0.15) is 46.7 Å². The molecule has 1 aliphatic heterocycles. The monoisotopic (exact) mass is 414 g/mol. The maximum absolute atomic E-state index is 12.7. The smallest absolute Gasteiger partial charge is 0.410 e. The lowest BCUT2D eigenvalue weighted by molar-refractivity contribution is 0.0123. The molecule has 30 heavy (non-hydrogen) atoms. The molecule has 0 bridgehead atoms. The molecule has 0 unspecified atom stereocenters. The number of carbonyl (C=O) groups excluding carboxylic acids is 1. The Balaban J connectivity index is 1.99. The quantitative estimate of drug-likeness (QED) is 0.765. The van der Waals surface area contributed by atoms with Crippen LogP contribution in [0, 0.1) is 11.3 Å². The van der Waals surface area contributed by atoms with Crippen LogP contribution in [0.25, 0.3) is 5.65 Å². The molecule has 1 aliphatic rings. The van der Waals surface area contributed by atoms with E-state index in [0.717, 1.165) is 12.1 Å². The van der Waals surface area contributed by atoms with Crippen LogP contribution in [0.15, 0.2) is 17.1 Å². The summed E-state index contributed by atoms with van der Waals surface area (Å²) in [6.45, 7) is 10.7. The van der Waals surface area contributed by atoms with Gasteiger partial charge in [-0.05, 0) is 34.1 Å². The molecule has 2 aromatic rings. The van der Waals surface area contributed by atoms with Crippen LogP contribution in [0.3, 0.4) is 0 Å². The number of anilines is 1. The third kappa shape index (κ3) is 4.13. The van der Waals surface area contributed by atoms with Gasteiger partial charge in [0.25, 0.3) is 5.56 Å². The number of hydrogen-bond acceptors (Lipinski definition) is 6. The highest BCUT2D eigenvalue weighted by Gasteiger charge is 2.36. The summed E-state index contributed by atoms with van der Waals surface area (Å²) < 4.78 is 8.76. The number of fused-ring (bicyclic) bond motifs is 1. The number of rotatable bonds is 3. The van der Waals surface area contributed by atoms with Crippen molar-refractivity contribution < 1.29 is 9.53 Å². The number of aryl methyl sites for hydroxylation is 1. The number of imidazole rings is 1. The van der Waals surface area contributed by atoms with Gasteiger partial charge in [-0.15, -0.1) is 0 Å². The minimum atomic E-state index is -0.555. The first-order chi connectivity index (χ1) is 14.1. The lowest BCUT2D eigenvalue weighted by Crippen LogP contribution is -2.60. The fourth-order valence-corrected chi connectivity index (χ4v) is 3.84. The molecule has 3 heterocycles. The van der Waals surface area contributed by atoms with Crippen molar-refractivity contribution in [1.29, 1.82) is 5.26 Å². The Morgan fingerprint density at radius 1 is 1.37 bits per heavy atom. The maximum Gasteiger partial charge on any atom is 0.410 e. The number of aromatic nitrogens is 3. The predicted molar refractivity (Wildman–Crippen MR) is 114 cm³/mol. The second-order valence-electron chi connectivity index (χ2n) is 8.82. The van der Waals surface area contributed by atoms with Crippen LogP contribution >= 0.6 is 0 Å². The minimum Gasteiger partial charge on any atom is -0.444 e. The largest absolute Gasteiger partial charge is 0.444 e. The first-order valence-corrected chi connectivity index (χ1v) is 10.3. The van der Waals surface area contributed by atoms with E-state index < -0.39 is 5.60 Å². The fraction of sp³-hybridized carbons (Fsp3) is 0.619. The molecular formula is C21H30N6O3. The van der Waals surface area contributed by atoms with E-state index in [2.05, 4.69) is 22.9 Å². The van der Waals surface area contributed by atoms with Gasteiger partial charge in [-0.3, -0.25) is 4.79 Å².